The number of ether oxygens (including phenoxy) is 1. The van der Waals surface area contributed by atoms with Gasteiger partial charge >= 0.3 is 5.97 Å². The van der Waals surface area contributed by atoms with E-state index in [4.69, 9.17) is 4.74 Å². The van der Waals surface area contributed by atoms with Crippen molar-refractivity contribution in [2.75, 3.05) is 0 Å². The molecule has 2 aromatic carbocycles. The molecule has 0 bridgehead atoms. The number of phenols is 3. The molecule has 3 atom stereocenters. The largest absolute Gasteiger partial charge is 0.508 e. The molecule has 1 unspecified atom stereocenters. The number of allylic oxidation sites excluding steroid dienone is 2. The molecule has 2 aromatic rings. The second kappa shape index (κ2) is 9.67. The summed E-state index contributed by atoms with van der Waals surface area (Å²) in [5.74, 6) is -3.63. The molecule has 0 saturated heterocycles. The smallest absolute Gasteiger partial charge is 0.303 e. The van der Waals surface area contributed by atoms with E-state index in [0.29, 0.717) is 5.56 Å². The van der Waals surface area contributed by atoms with Gasteiger partial charge in [-0.25, -0.2) is 0 Å². The third kappa shape index (κ3) is 5.16. The highest BCUT2D eigenvalue weighted by Crippen LogP contribution is 2.47. The number of hydrogen-bond donors (Lipinski definition) is 5. The van der Waals surface area contributed by atoms with Crippen LogP contribution in [0.15, 0.2) is 23.8 Å². The first kappa shape index (κ1) is 26.2. The van der Waals surface area contributed by atoms with Gasteiger partial charge in [0.2, 0.25) is 5.78 Å². The van der Waals surface area contributed by atoms with Gasteiger partial charge in [0, 0.05) is 32.3 Å². The summed E-state index contributed by atoms with van der Waals surface area (Å²) in [5, 5.41) is 53.0. The summed E-state index contributed by atoms with van der Waals surface area (Å²) in [6.45, 7) is 6.18. The zero-order chi connectivity index (χ0) is 26.2. The van der Waals surface area contributed by atoms with Crippen molar-refractivity contribution in [2.45, 2.75) is 71.2 Å². The number of Topliss-reactive ketones (excluding diaryl/α,β-unsaturated/α-hetero) is 2. The number of ketones is 2. The number of fused-ring (bicyclic) bond motifs is 2. The standard InChI is InChI=1S/C26H30O9/c1-12(2)5-6-17-18-8-15(29)9-20(31)21(18)23(32)22-19(17)11-26(34,10-16(30)7-13(3)27)25(24(22)33)35-14(4)28/h5,8-9,13,25,27,29,31-32,34H,6-7,10-11H2,1-4H3/t13?,25-,26+/m1/s1. The van der Waals surface area contributed by atoms with Gasteiger partial charge in [-0.15, -0.1) is 0 Å². The van der Waals surface area contributed by atoms with Crippen LogP contribution in [0.25, 0.3) is 10.8 Å². The van der Waals surface area contributed by atoms with Gasteiger partial charge in [0.15, 0.2) is 6.10 Å². The van der Waals surface area contributed by atoms with Crippen LogP contribution in [0, 0.1) is 0 Å². The highest BCUT2D eigenvalue weighted by atomic mass is 16.6. The van der Waals surface area contributed by atoms with E-state index in [2.05, 4.69) is 0 Å². The summed E-state index contributed by atoms with van der Waals surface area (Å²) < 4.78 is 5.16. The van der Waals surface area contributed by atoms with Gasteiger partial charge in [0.1, 0.15) is 28.6 Å². The van der Waals surface area contributed by atoms with Crippen LogP contribution >= 0.6 is 0 Å². The summed E-state index contributed by atoms with van der Waals surface area (Å²) in [7, 11) is 0. The zero-order valence-corrected chi connectivity index (χ0v) is 20.1. The van der Waals surface area contributed by atoms with E-state index in [1.807, 2.05) is 19.9 Å². The molecule has 35 heavy (non-hydrogen) atoms. The van der Waals surface area contributed by atoms with Crippen molar-refractivity contribution in [2.24, 2.45) is 0 Å². The van der Waals surface area contributed by atoms with Crippen molar-refractivity contribution in [1.29, 1.82) is 0 Å². The van der Waals surface area contributed by atoms with Crippen molar-refractivity contribution in [1.82, 2.24) is 0 Å². The highest BCUT2D eigenvalue weighted by molar-refractivity contribution is 6.13. The fourth-order valence-electron chi connectivity index (χ4n) is 4.68. The summed E-state index contributed by atoms with van der Waals surface area (Å²) >= 11 is 0. The Labute approximate surface area is 202 Å². The highest BCUT2D eigenvalue weighted by Gasteiger charge is 2.52. The molecule has 0 saturated carbocycles. The Morgan fingerprint density at radius 1 is 1.20 bits per heavy atom. The summed E-state index contributed by atoms with van der Waals surface area (Å²) in [5.41, 5.74) is -0.754. The molecular formula is C26H30O9. The SMILES string of the molecule is CC(=O)O[C@@H]1C(=O)c2c(c(CC=C(C)C)c3cc(O)cc(O)c3c2O)C[C@@]1(O)CC(=O)CC(C)O. The monoisotopic (exact) mass is 486 g/mol. The average Bonchev–Trinajstić information content (AvgIpc) is 2.68. The topological polar surface area (TPSA) is 162 Å². The quantitative estimate of drug-likeness (QED) is 0.292. The molecular weight excluding hydrogens is 456 g/mol. The maximum atomic E-state index is 13.6. The van der Waals surface area contributed by atoms with E-state index in [1.165, 1.54) is 13.0 Å². The van der Waals surface area contributed by atoms with Crippen molar-refractivity contribution in [3.8, 4) is 17.2 Å². The molecule has 0 aliphatic heterocycles. The third-order valence-electron chi connectivity index (χ3n) is 6.05. The van der Waals surface area contributed by atoms with Crippen LogP contribution in [0.3, 0.4) is 0 Å². The third-order valence-corrected chi connectivity index (χ3v) is 6.05. The van der Waals surface area contributed by atoms with Crippen LogP contribution in [-0.4, -0.2) is 60.9 Å². The number of aromatic hydroxyl groups is 3. The van der Waals surface area contributed by atoms with Gasteiger partial charge in [-0.05, 0) is 49.8 Å². The molecule has 3 rings (SSSR count). The lowest BCUT2D eigenvalue weighted by Crippen LogP contribution is -2.55. The van der Waals surface area contributed by atoms with E-state index in [1.54, 1.807) is 0 Å². The molecule has 0 amide bonds. The lowest BCUT2D eigenvalue weighted by atomic mass is 9.71. The Morgan fingerprint density at radius 2 is 1.86 bits per heavy atom. The molecule has 1 aliphatic carbocycles. The normalized spacial score (nSPS) is 20.3. The minimum absolute atomic E-state index is 0.0655. The van der Waals surface area contributed by atoms with Crippen LogP contribution in [-0.2, 0) is 27.2 Å². The van der Waals surface area contributed by atoms with Gasteiger partial charge in [0.05, 0.1) is 17.1 Å². The number of aliphatic hydroxyl groups is 2. The molecule has 1 aliphatic rings. The minimum Gasteiger partial charge on any atom is -0.508 e. The van der Waals surface area contributed by atoms with Gasteiger partial charge in [-0.3, -0.25) is 14.4 Å². The van der Waals surface area contributed by atoms with E-state index in [9.17, 15) is 39.9 Å². The van der Waals surface area contributed by atoms with Crippen LogP contribution in [0.5, 0.6) is 17.2 Å². The maximum absolute atomic E-state index is 13.6. The van der Waals surface area contributed by atoms with Crippen LogP contribution in [0.4, 0.5) is 0 Å². The number of carbonyl (C=O) groups is 3. The lowest BCUT2D eigenvalue weighted by Gasteiger charge is -2.39. The number of benzene rings is 2. The van der Waals surface area contributed by atoms with Gasteiger partial charge in [-0.2, -0.15) is 0 Å². The Hall–Kier alpha value is -3.43. The number of hydrogen-bond acceptors (Lipinski definition) is 9. The van der Waals surface area contributed by atoms with E-state index in [-0.39, 0.29) is 46.9 Å². The predicted molar refractivity (Wildman–Crippen MR) is 127 cm³/mol. The van der Waals surface area contributed by atoms with Gasteiger partial charge < -0.3 is 30.3 Å². The van der Waals surface area contributed by atoms with E-state index >= 15 is 0 Å². The molecule has 9 nitrogen and oxygen atoms in total. The number of carbonyl (C=O) groups excluding carboxylic acids is 3. The maximum Gasteiger partial charge on any atom is 0.303 e. The van der Waals surface area contributed by atoms with Gasteiger partial charge in [-0.1, -0.05) is 11.6 Å². The Balaban J connectivity index is 2.34. The first-order chi connectivity index (χ1) is 16.2. The summed E-state index contributed by atoms with van der Waals surface area (Å²) in [6.07, 6.45) is -1.87. The Morgan fingerprint density at radius 3 is 2.43 bits per heavy atom. The Bertz CT molecular complexity index is 1240. The number of aliphatic hydroxyl groups excluding tert-OH is 1. The zero-order valence-electron chi connectivity index (χ0n) is 20.1. The molecule has 0 spiro atoms. The van der Waals surface area contributed by atoms with Gasteiger partial charge in [0.25, 0.3) is 0 Å². The fraction of sp³-hybridized carbons (Fsp3) is 0.423. The molecule has 0 aromatic heterocycles. The van der Waals surface area contributed by atoms with Crippen molar-refractivity contribution in [3.05, 3.63) is 40.5 Å². The molecule has 0 radical (unpaired) electrons. The first-order valence-electron chi connectivity index (χ1n) is 11.2. The number of phenolic OH excluding ortho intramolecular Hbond substituents is 3. The van der Waals surface area contributed by atoms with E-state index in [0.717, 1.165) is 18.6 Å². The lowest BCUT2D eigenvalue weighted by molar-refractivity contribution is -0.161. The van der Waals surface area contributed by atoms with Crippen molar-refractivity contribution in [3.63, 3.8) is 0 Å². The second-order valence-corrected chi connectivity index (χ2v) is 9.46. The number of rotatable bonds is 7. The Kier molecular flexibility index (Phi) is 7.23. The molecule has 0 fully saturated rings. The van der Waals surface area contributed by atoms with Crippen LogP contribution < -0.4 is 0 Å². The molecule has 5 N–H and O–H groups in total. The van der Waals surface area contributed by atoms with Crippen LogP contribution in [0.1, 0.15) is 62.0 Å². The molecule has 188 valence electrons. The second-order valence-electron chi connectivity index (χ2n) is 9.46. The first-order valence-corrected chi connectivity index (χ1v) is 11.2. The van der Waals surface area contributed by atoms with Crippen LogP contribution in [0.2, 0.25) is 0 Å². The average molecular weight is 487 g/mol. The van der Waals surface area contributed by atoms with Crippen molar-refractivity contribution >= 4 is 28.3 Å². The minimum atomic E-state index is -2.14. The molecule has 0 heterocycles. The summed E-state index contributed by atoms with van der Waals surface area (Å²) in [4.78, 5) is 38.0. The predicted octanol–water partition coefficient (Wildman–Crippen LogP) is 2.60. The molecule has 9 heteroatoms. The number of esters is 1. The summed E-state index contributed by atoms with van der Waals surface area (Å²) in [6, 6.07) is 2.37. The van der Waals surface area contributed by atoms with Crippen molar-refractivity contribution < 1.29 is 44.7 Å². The van der Waals surface area contributed by atoms with E-state index < -0.39 is 53.3 Å². The fourth-order valence-corrected chi connectivity index (χ4v) is 4.68.